The van der Waals surface area contributed by atoms with Crippen LogP contribution >= 0.6 is 0 Å². The summed E-state index contributed by atoms with van der Waals surface area (Å²) in [5, 5.41) is 11.6. The van der Waals surface area contributed by atoms with Gasteiger partial charge in [-0.3, -0.25) is 4.79 Å². The van der Waals surface area contributed by atoms with Crippen LogP contribution in [0.25, 0.3) is 0 Å². The molecule has 0 bridgehead atoms. The Morgan fingerprint density at radius 1 is 1.39 bits per heavy atom. The second-order valence-corrected chi connectivity index (χ2v) is 4.11. The average Bonchev–Trinajstić information content (AvgIpc) is 2.36. The van der Waals surface area contributed by atoms with E-state index in [1.807, 2.05) is 6.92 Å². The molecule has 1 amide bonds. The van der Waals surface area contributed by atoms with Crippen molar-refractivity contribution in [3.05, 3.63) is 29.8 Å². The molecule has 0 fully saturated rings. The van der Waals surface area contributed by atoms with Crippen molar-refractivity contribution in [3.8, 4) is 0 Å². The Morgan fingerprint density at radius 3 is 2.61 bits per heavy atom. The predicted octanol–water partition coefficient (Wildman–Crippen LogP) is 1.70. The van der Waals surface area contributed by atoms with Crippen LogP contribution in [0.15, 0.2) is 24.3 Å². The topological polar surface area (TPSA) is 92.4 Å². The zero-order valence-electron chi connectivity index (χ0n) is 10.3. The van der Waals surface area contributed by atoms with Crippen LogP contribution in [0.3, 0.4) is 0 Å². The monoisotopic (exact) mass is 250 g/mol. The smallest absolute Gasteiger partial charge is 0.337 e. The lowest BCUT2D eigenvalue weighted by Crippen LogP contribution is -2.22. The summed E-state index contributed by atoms with van der Waals surface area (Å²) in [5.41, 5.74) is 5.94. The number of hydrogen-bond donors (Lipinski definition) is 3. The van der Waals surface area contributed by atoms with E-state index in [1.54, 1.807) is 18.2 Å². The molecule has 1 aromatic rings. The Morgan fingerprint density at radius 2 is 2.06 bits per heavy atom. The van der Waals surface area contributed by atoms with Gasteiger partial charge in [0.15, 0.2) is 0 Å². The standard InChI is InChI=1S/C13H18N2O3/c1-2-9(8-14)7-12(16)15-11-6-4-3-5-10(11)13(17)18/h3-6,9H,2,7-8,14H2,1H3,(H,15,16)(H,17,18). The first-order valence-electron chi connectivity index (χ1n) is 5.90. The molecule has 1 aromatic carbocycles. The lowest BCUT2D eigenvalue weighted by Gasteiger charge is -2.13. The lowest BCUT2D eigenvalue weighted by atomic mass is 10.0. The first kappa shape index (κ1) is 14.2. The van der Waals surface area contributed by atoms with Crippen molar-refractivity contribution >= 4 is 17.6 Å². The third-order valence-corrected chi connectivity index (χ3v) is 2.82. The molecule has 5 heteroatoms. The Kier molecular flexibility index (Phi) is 5.32. The molecular formula is C13H18N2O3. The van der Waals surface area contributed by atoms with Gasteiger partial charge in [0.2, 0.25) is 5.91 Å². The lowest BCUT2D eigenvalue weighted by molar-refractivity contribution is -0.117. The van der Waals surface area contributed by atoms with Gasteiger partial charge in [0.25, 0.3) is 0 Å². The van der Waals surface area contributed by atoms with E-state index in [2.05, 4.69) is 5.32 Å². The van der Waals surface area contributed by atoms with E-state index >= 15 is 0 Å². The van der Waals surface area contributed by atoms with Crippen LogP contribution < -0.4 is 11.1 Å². The molecule has 98 valence electrons. The maximum Gasteiger partial charge on any atom is 0.337 e. The van der Waals surface area contributed by atoms with Crippen LogP contribution in [0.1, 0.15) is 30.1 Å². The number of carboxylic acids is 1. The molecule has 0 saturated carbocycles. The molecule has 0 aromatic heterocycles. The van der Waals surface area contributed by atoms with E-state index < -0.39 is 5.97 Å². The number of anilines is 1. The van der Waals surface area contributed by atoms with Gasteiger partial charge >= 0.3 is 5.97 Å². The minimum atomic E-state index is -1.06. The van der Waals surface area contributed by atoms with Crippen LogP contribution in [0.2, 0.25) is 0 Å². The third kappa shape index (κ3) is 3.85. The van der Waals surface area contributed by atoms with Crippen LogP contribution in [0.5, 0.6) is 0 Å². The van der Waals surface area contributed by atoms with Gasteiger partial charge < -0.3 is 16.2 Å². The molecule has 0 aliphatic rings. The van der Waals surface area contributed by atoms with Crippen molar-refractivity contribution < 1.29 is 14.7 Å². The van der Waals surface area contributed by atoms with Gasteiger partial charge in [-0.15, -0.1) is 0 Å². The van der Waals surface area contributed by atoms with E-state index in [1.165, 1.54) is 6.07 Å². The fourth-order valence-corrected chi connectivity index (χ4v) is 1.64. The van der Waals surface area contributed by atoms with Crippen molar-refractivity contribution in [2.45, 2.75) is 19.8 Å². The largest absolute Gasteiger partial charge is 0.478 e. The highest BCUT2D eigenvalue weighted by Gasteiger charge is 2.14. The Hall–Kier alpha value is -1.88. The van der Waals surface area contributed by atoms with Gasteiger partial charge in [-0.05, 0) is 24.6 Å². The summed E-state index contributed by atoms with van der Waals surface area (Å²) in [4.78, 5) is 22.7. The van der Waals surface area contributed by atoms with E-state index in [0.717, 1.165) is 6.42 Å². The summed E-state index contributed by atoms with van der Waals surface area (Å²) in [6.45, 7) is 2.42. The minimum absolute atomic E-state index is 0.0895. The number of rotatable bonds is 6. The number of benzene rings is 1. The Labute approximate surface area is 106 Å². The van der Waals surface area contributed by atoms with Gasteiger partial charge in [0.1, 0.15) is 0 Å². The summed E-state index contributed by atoms with van der Waals surface area (Å²) >= 11 is 0. The molecule has 1 atom stereocenters. The molecule has 0 aliphatic carbocycles. The molecule has 4 N–H and O–H groups in total. The maximum atomic E-state index is 11.8. The molecule has 1 unspecified atom stereocenters. The summed E-state index contributed by atoms with van der Waals surface area (Å²) in [7, 11) is 0. The van der Waals surface area contributed by atoms with Crippen molar-refractivity contribution in [2.75, 3.05) is 11.9 Å². The Bertz CT molecular complexity index is 428. The maximum absolute atomic E-state index is 11.8. The van der Waals surface area contributed by atoms with Crippen LogP contribution in [0.4, 0.5) is 5.69 Å². The predicted molar refractivity (Wildman–Crippen MR) is 69.5 cm³/mol. The number of aromatic carboxylic acids is 1. The van der Waals surface area contributed by atoms with Crippen LogP contribution in [0, 0.1) is 5.92 Å². The van der Waals surface area contributed by atoms with Crippen molar-refractivity contribution in [1.29, 1.82) is 0 Å². The van der Waals surface area contributed by atoms with Crippen LogP contribution in [-0.2, 0) is 4.79 Å². The number of amides is 1. The third-order valence-electron chi connectivity index (χ3n) is 2.82. The molecular weight excluding hydrogens is 232 g/mol. The zero-order valence-corrected chi connectivity index (χ0v) is 10.3. The Balaban J connectivity index is 2.73. The molecule has 0 heterocycles. The second kappa shape index (κ2) is 6.76. The quantitative estimate of drug-likeness (QED) is 0.716. The van der Waals surface area contributed by atoms with Crippen molar-refractivity contribution in [3.63, 3.8) is 0 Å². The SMILES string of the molecule is CCC(CN)CC(=O)Nc1ccccc1C(=O)O. The normalized spacial score (nSPS) is 11.9. The summed E-state index contributed by atoms with van der Waals surface area (Å²) in [6, 6.07) is 6.33. The van der Waals surface area contributed by atoms with Gasteiger partial charge in [0.05, 0.1) is 11.3 Å². The number of nitrogens with one attached hydrogen (secondary N) is 1. The number of hydrogen-bond acceptors (Lipinski definition) is 3. The first-order valence-corrected chi connectivity index (χ1v) is 5.90. The van der Waals surface area contributed by atoms with E-state index in [9.17, 15) is 9.59 Å². The molecule has 1 rings (SSSR count). The molecule has 0 aliphatic heterocycles. The fraction of sp³-hybridized carbons (Fsp3) is 0.385. The molecule has 0 spiro atoms. The fourth-order valence-electron chi connectivity index (χ4n) is 1.64. The number of carboxylic acid groups (broad SMARTS) is 1. The van der Waals surface area contributed by atoms with Crippen molar-refractivity contribution in [1.82, 2.24) is 0 Å². The zero-order chi connectivity index (χ0) is 13.5. The minimum Gasteiger partial charge on any atom is -0.478 e. The van der Waals surface area contributed by atoms with E-state index in [0.29, 0.717) is 18.7 Å². The van der Waals surface area contributed by atoms with Gasteiger partial charge in [-0.25, -0.2) is 4.79 Å². The van der Waals surface area contributed by atoms with Gasteiger partial charge in [-0.1, -0.05) is 25.5 Å². The molecule has 0 radical (unpaired) electrons. The molecule has 5 nitrogen and oxygen atoms in total. The average molecular weight is 250 g/mol. The molecule has 18 heavy (non-hydrogen) atoms. The highest BCUT2D eigenvalue weighted by molar-refractivity contribution is 6.00. The first-order chi connectivity index (χ1) is 8.58. The number of carbonyl (C=O) groups is 2. The number of carbonyl (C=O) groups excluding carboxylic acids is 1. The highest BCUT2D eigenvalue weighted by atomic mass is 16.4. The van der Waals surface area contributed by atoms with E-state index in [4.69, 9.17) is 10.8 Å². The number of para-hydroxylation sites is 1. The number of nitrogens with two attached hydrogens (primary N) is 1. The van der Waals surface area contributed by atoms with Crippen LogP contribution in [-0.4, -0.2) is 23.5 Å². The summed E-state index contributed by atoms with van der Waals surface area (Å²) < 4.78 is 0. The van der Waals surface area contributed by atoms with E-state index in [-0.39, 0.29) is 17.4 Å². The molecule has 0 saturated heterocycles. The van der Waals surface area contributed by atoms with Gasteiger partial charge in [0, 0.05) is 6.42 Å². The van der Waals surface area contributed by atoms with Gasteiger partial charge in [-0.2, -0.15) is 0 Å². The van der Waals surface area contributed by atoms with Crippen molar-refractivity contribution in [2.24, 2.45) is 11.7 Å². The summed E-state index contributed by atoms with van der Waals surface area (Å²) in [5.74, 6) is -1.14. The second-order valence-electron chi connectivity index (χ2n) is 4.11. The summed E-state index contributed by atoms with van der Waals surface area (Å²) in [6.07, 6.45) is 1.13. The highest BCUT2D eigenvalue weighted by Crippen LogP contribution is 2.16.